The van der Waals surface area contributed by atoms with E-state index in [2.05, 4.69) is 20.0 Å². The maximum absolute atomic E-state index is 12.4. The molecule has 11 nitrogen and oxygen atoms in total. The lowest BCUT2D eigenvalue weighted by Gasteiger charge is -2.16. The lowest BCUT2D eigenvalue weighted by Crippen LogP contribution is -2.24. The van der Waals surface area contributed by atoms with Crippen molar-refractivity contribution in [3.05, 3.63) is 70.2 Å². The van der Waals surface area contributed by atoms with Crippen molar-refractivity contribution in [1.29, 1.82) is 0 Å². The maximum Gasteiger partial charge on any atom is 0.573 e. The van der Waals surface area contributed by atoms with Gasteiger partial charge < -0.3 is 24.9 Å². The zero-order valence-electron chi connectivity index (χ0n) is 18.7. The fourth-order valence-corrected chi connectivity index (χ4v) is 2.96. The van der Waals surface area contributed by atoms with Crippen molar-refractivity contribution in [2.75, 3.05) is 25.5 Å². The number of alkyl halides is 3. The second-order valence-corrected chi connectivity index (χ2v) is 7.42. The molecular formula is C21H21F3N6O5. The predicted octanol–water partition coefficient (Wildman–Crippen LogP) is 3.39. The highest BCUT2D eigenvalue weighted by molar-refractivity contribution is 6.02. The average Bonchev–Trinajstić information content (AvgIpc) is 3.14. The molecule has 0 aliphatic carbocycles. The topological polar surface area (TPSA) is 125 Å². The van der Waals surface area contributed by atoms with E-state index in [1.165, 1.54) is 35.2 Å². The van der Waals surface area contributed by atoms with Crippen LogP contribution in [-0.2, 0) is 13.6 Å². The molecular weight excluding hydrogens is 473 g/mol. The Balaban J connectivity index is 1.49. The molecule has 35 heavy (non-hydrogen) atoms. The highest BCUT2D eigenvalue weighted by Crippen LogP contribution is 2.25. The third-order valence-corrected chi connectivity index (χ3v) is 4.55. The molecule has 1 aromatic carbocycles. The third-order valence-electron chi connectivity index (χ3n) is 4.55. The number of amides is 1. The summed E-state index contributed by atoms with van der Waals surface area (Å²) in [7, 11) is 3.43. The number of carbonyl (C=O) groups is 1. The largest absolute Gasteiger partial charge is 0.573 e. The first-order chi connectivity index (χ1) is 16.5. The minimum atomic E-state index is -4.84. The van der Waals surface area contributed by atoms with Gasteiger partial charge in [-0.1, -0.05) is 12.1 Å². The summed E-state index contributed by atoms with van der Waals surface area (Å²) < 4.78 is 47.8. The summed E-state index contributed by atoms with van der Waals surface area (Å²) in [5, 5.41) is 13.2. The summed E-state index contributed by atoms with van der Waals surface area (Å²) in [4.78, 5) is 32.3. The minimum Gasteiger partial charge on any atom is -0.444 e. The van der Waals surface area contributed by atoms with E-state index < -0.39 is 22.9 Å². The molecule has 0 fully saturated rings. The molecule has 0 unspecified atom stereocenters. The molecule has 2 aromatic heterocycles. The molecule has 1 N–H and O–H groups in total. The Morgan fingerprint density at radius 3 is 2.69 bits per heavy atom. The van der Waals surface area contributed by atoms with Crippen LogP contribution in [0, 0.1) is 10.1 Å². The normalized spacial score (nSPS) is 11.4. The lowest BCUT2D eigenvalue weighted by atomic mass is 10.2. The second kappa shape index (κ2) is 10.8. The number of carbonyl (C=O) groups excluding carboxylic acids is 1. The molecule has 0 spiro atoms. The fourth-order valence-electron chi connectivity index (χ4n) is 2.96. The number of pyridine rings is 1. The number of nitrogens with one attached hydrogen (secondary N) is 1. The summed E-state index contributed by atoms with van der Waals surface area (Å²) in [5.41, 5.74) is 1.01. The summed E-state index contributed by atoms with van der Waals surface area (Å²) in [6, 6.07) is 8.26. The molecule has 0 atom stereocenters. The van der Waals surface area contributed by atoms with Crippen LogP contribution in [-0.4, -0.2) is 56.8 Å². The highest BCUT2D eigenvalue weighted by Gasteiger charge is 2.31. The number of nitro groups is 1. The fraction of sp³-hybridized carbons (Fsp3) is 0.286. The second-order valence-electron chi connectivity index (χ2n) is 7.42. The van der Waals surface area contributed by atoms with Crippen molar-refractivity contribution in [2.45, 2.75) is 12.9 Å². The van der Waals surface area contributed by atoms with E-state index in [1.54, 1.807) is 13.1 Å². The standard InChI is InChI=1S/C21H21F3N6O5/c1-28(8-9-34-20-27-18(30(32)33)13-29(20)2)12-14-6-7-17(25-11-14)19(31)26-15-4-3-5-16(10-15)35-21(22,23)24/h3-7,10-11,13H,8-9,12H2,1-2H3,(H,26,31). The smallest absolute Gasteiger partial charge is 0.444 e. The van der Waals surface area contributed by atoms with Gasteiger partial charge in [0.15, 0.2) is 0 Å². The van der Waals surface area contributed by atoms with Gasteiger partial charge in [-0.05, 0) is 35.7 Å². The van der Waals surface area contributed by atoms with Crippen LogP contribution in [0.1, 0.15) is 16.1 Å². The zero-order chi connectivity index (χ0) is 25.6. The van der Waals surface area contributed by atoms with E-state index in [4.69, 9.17) is 4.74 Å². The van der Waals surface area contributed by atoms with Crippen LogP contribution in [0.25, 0.3) is 0 Å². The molecule has 3 rings (SSSR count). The number of likely N-dealkylation sites (N-methyl/N-ethyl adjacent to an activating group) is 1. The molecule has 0 bridgehead atoms. The molecule has 0 aliphatic rings. The number of nitrogens with zero attached hydrogens (tertiary/aromatic N) is 5. The summed E-state index contributed by atoms with van der Waals surface area (Å²) in [6.07, 6.45) is -2.06. The van der Waals surface area contributed by atoms with Gasteiger partial charge in [0.25, 0.3) is 5.91 Å². The summed E-state index contributed by atoms with van der Waals surface area (Å²) in [6.45, 7) is 1.21. The Bertz CT molecular complexity index is 1180. The van der Waals surface area contributed by atoms with Crippen molar-refractivity contribution in [3.8, 4) is 11.8 Å². The molecule has 0 saturated carbocycles. The number of aryl methyl sites for hydroxylation is 1. The van der Waals surface area contributed by atoms with Gasteiger partial charge in [0.1, 0.15) is 24.2 Å². The summed E-state index contributed by atoms with van der Waals surface area (Å²) >= 11 is 0. The third kappa shape index (κ3) is 7.67. The number of rotatable bonds is 10. The number of hydrogen-bond acceptors (Lipinski definition) is 8. The van der Waals surface area contributed by atoms with Gasteiger partial charge in [-0.25, -0.2) is 0 Å². The molecule has 0 saturated heterocycles. The number of hydrogen-bond donors (Lipinski definition) is 1. The molecule has 2 heterocycles. The number of aromatic nitrogens is 3. The van der Waals surface area contributed by atoms with Crippen LogP contribution in [0.5, 0.6) is 11.8 Å². The predicted molar refractivity (Wildman–Crippen MR) is 117 cm³/mol. The van der Waals surface area contributed by atoms with Crippen LogP contribution in [0.3, 0.4) is 0 Å². The number of halogens is 3. The van der Waals surface area contributed by atoms with E-state index in [1.807, 2.05) is 11.9 Å². The molecule has 14 heteroatoms. The first-order valence-corrected chi connectivity index (χ1v) is 10.1. The minimum absolute atomic E-state index is 0.0817. The van der Waals surface area contributed by atoms with Crippen molar-refractivity contribution >= 4 is 17.4 Å². The van der Waals surface area contributed by atoms with Crippen LogP contribution >= 0.6 is 0 Å². The molecule has 0 aliphatic heterocycles. The van der Waals surface area contributed by atoms with Gasteiger partial charge in [-0.2, -0.15) is 0 Å². The van der Waals surface area contributed by atoms with Crippen LogP contribution < -0.4 is 14.8 Å². The van der Waals surface area contributed by atoms with Crippen LogP contribution in [0.15, 0.2) is 48.8 Å². The van der Waals surface area contributed by atoms with Gasteiger partial charge in [0, 0.05) is 43.1 Å². The average molecular weight is 494 g/mol. The molecule has 1 amide bonds. The number of imidazole rings is 1. The van der Waals surface area contributed by atoms with E-state index >= 15 is 0 Å². The zero-order valence-corrected chi connectivity index (χ0v) is 18.7. The van der Waals surface area contributed by atoms with Crippen molar-refractivity contribution < 1.29 is 32.4 Å². The van der Waals surface area contributed by atoms with Crippen molar-refractivity contribution in [2.24, 2.45) is 7.05 Å². The monoisotopic (exact) mass is 494 g/mol. The Labute approximate surface area is 197 Å². The van der Waals surface area contributed by atoms with Gasteiger partial charge in [0.2, 0.25) is 0 Å². The van der Waals surface area contributed by atoms with Crippen LogP contribution in [0.4, 0.5) is 24.7 Å². The number of ether oxygens (including phenoxy) is 2. The van der Waals surface area contributed by atoms with Gasteiger partial charge in [0.05, 0.1) is 0 Å². The van der Waals surface area contributed by atoms with E-state index in [9.17, 15) is 28.1 Å². The Hall–Kier alpha value is -4.20. The highest BCUT2D eigenvalue weighted by atomic mass is 19.4. The quantitative estimate of drug-likeness (QED) is 0.336. The van der Waals surface area contributed by atoms with Crippen molar-refractivity contribution in [1.82, 2.24) is 19.4 Å². The van der Waals surface area contributed by atoms with E-state index in [0.717, 1.165) is 17.7 Å². The van der Waals surface area contributed by atoms with Crippen molar-refractivity contribution in [3.63, 3.8) is 0 Å². The SMILES string of the molecule is CN(CCOc1nc([N+](=O)[O-])cn1C)Cc1ccc(C(=O)Nc2cccc(OC(F)(F)F)c2)nc1. The lowest BCUT2D eigenvalue weighted by molar-refractivity contribution is -0.389. The van der Waals surface area contributed by atoms with Gasteiger partial charge in [-0.3, -0.25) is 19.2 Å². The Kier molecular flexibility index (Phi) is 7.86. The Morgan fingerprint density at radius 1 is 1.29 bits per heavy atom. The van der Waals surface area contributed by atoms with E-state index in [0.29, 0.717) is 13.1 Å². The molecule has 0 radical (unpaired) electrons. The number of benzene rings is 1. The van der Waals surface area contributed by atoms with E-state index in [-0.39, 0.29) is 29.8 Å². The Morgan fingerprint density at radius 2 is 2.06 bits per heavy atom. The van der Waals surface area contributed by atoms with Gasteiger partial charge >= 0.3 is 18.2 Å². The first-order valence-electron chi connectivity index (χ1n) is 10.1. The number of anilines is 1. The molecule has 186 valence electrons. The first kappa shape index (κ1) is 25.4. The maximum atomic E-state index is 12.4. The van der Waals surface area contributed by atoms with Gasteiger partial charge in [-0.15, -0.1) is 13.2 Å². The molecule has 3 aromatic rings. The van der Waals surface area contributed by atoms with Crippen LogP contribution in [0.2, 0.25) is 0 Å². The summed E-state index contributed by atoms with van der Waals surface area (Å²) in [5.74, 6) is -1.34.